The van der Waals surface area contributed by atoms with E-state index in [1.165, 1.54) is 12.1 Å². The number of aryl methyl sites for hydroxylation is 1. The monoisotopic (exact) mass is 490 g/mol. The lowest BCUT2D eigenvalue weighted by molar-refractivity contribution is -0.385. The summed E-state index contributed by atoms with van der Waals surface area (Å²) in [6, 6.07) is 16.5. The molecule has 2 aromatic carbocycles. The van der Waals surface area contributed by atoms with Gasteiger partial charge in [0.25, 0.3) is 16.8 Å². The van der Waals surface area contributed by atoms with Crippen LogP contribution in [0.2, 0.25) is 0 Å². The second kappa shape index (κ2) is 10.2. The summed E-state index contributed by atoms with van der Waals surface area (Å²) in [6.45, 7) is 1.54. The van der Waals surface area contributed by atoms with Crippen molar-refractivity contribution in [2.24, 2.45) is 0 Å². The van der Waals surface area contributed by atoms with Crippen molar-refractivity contribution in [3.8, 4) is 11.6 Å². The third-order valence-electron chi connectivity index (χ3n) is 4.84. The number of imide groups is 1. The molecule has 0 atom stereocenters. The summed E-state index contributed by atoms with van der Waals surface area (Å²) in [5.41, 5.74) is 2.12. The van der Waals surface area contributed by atoms with Crippen LogP contribution in [0.3, 0.4) is 0 Å². The summed E-state index contributed by atoms with van der Waals surface area (Å²) in [4.78, 5) is 52.5. The number of pyridine rings is 1. The van der Waals surface area contributed by atoms with Crippen LogP contribution in [0.4, 0.5) is 16.2 Å². The van der Waals surface area contributed by atoms with Crippen molar-refractivity contribution in [3.05, 3.63) is 93.0 Å². The highest BCUT2D eigenvalue weighted by atomic mass is 32.2. The molecule has 1 aromatic heterocycles. The second-order valence-electron chi connectivity index (χ2n) is 7.46. The van der Waals surface area contributed by atoms with Crippen molar-refractivity contribution >= 4 is 46.3 Å². The normalized spacial score (nSPS) is 14.3. The molecular weight excluding hydrogens is 472 g/mol. The Hall–Kier alpha value is -4.51. The van der Waals surface area contributed by atoms with Gasteiger partial charge in [-0.3, -0.25) is 29.4 Å². The molecule has 3 amide bonds. The van der Waals surface area contributed by atoms with Gasteiger partial charge in [0, 0.05) is 17.8 Å². The molecule has 2 heterocycles. The highest BCUT2D eigenvalue weighted by molar-refractivity contribution is 8.18. The van der Waals surface area contributed by atoms with E-state index in [0.717, 1.165) is 28.4 Å². The van der Waals surface area contributed by atoms with Crippen LogP contribution in [0.25, 0.3) is 6.08 Å². The number of hydrogen-bond donors (Lipinski definition) is 1. The number of carbonyl (C=O) groups is 3. The van der Waals surface area contributed by atoms with Gasteiger partial charge in [-0.1, -0.05) is 29.8 Å². The SMILES string of the molecule is Cc1ccc(NC(=O)CN2C(=O)S/C(=C\c3ccc(Oc4ccc([N+](=O)[O-])cn4)cc3)C2=O)cc1. The maximum atomic E-state index is 12.7. The Morgan fingerprint density at radius 1 is 1.11 bits per heavy atom. The first-order valence-electron chi connectivity index (χ1n) is 10.3. The third kappa shape index (κ3) is 5.89. The Bertz CT molecular complexity index is 1320. The van der Waals surface area contributed by atoms with Crippen LogP contribution in [0.15, 0.2) is 71.8 Å². The zero-order valence-corrected chi connectivity index (χ0v) is 19.2. The average Bonchev–Trinajstić information content (AvgIpc) is 3.09. The largest absolute Gasteiger partial charge is 0.439 e. The fraction of sp³-hybridized carbons (Fsp3) is 0.0833. The van der Waals surface area contributed by atoms with Crippen molar-refractivity contribution in [1.29, 1.82) is 0 Å². The first kappa shape index (κ1) is 23.6. The molecule has 35 heavy (non-hydrogen) atoms. The Morgan fingerprint density at radius 3 is 2.46 bits per heavy atom. The van der Waals surface area contributed by atoms with Crippen LogP contribution < -0.4 is 10.1 Å². The third-order valence-corrected chi connectivity index (χ3v) is 5.75. The van der Waals surface area contributed by atoms with E-state index < -0.39 is 22.0 Å². The van der Waals surface area contributed by atoms with E-state index in [2.05, 4.69) is 10.3 Å². The smallest absolute Gasteiger partial charge is 0.294 e. The van der Waals surface area contributed by atoms with E-state index in [-0.39, 0.29) is 23.0 Å². The van der Waals surface area contributed by atoms with Gasteiger partial charge in [0.2, 0.25) is 11.8 Å². The number of nitro groups is 1. The van der Waals surface area contributed by atoms with Gasteiger partial charge in [0.15, 0.2) is 0 Å². The van der Waals surface area contributed by atoms with E-state index in [4.69, 9.17) is 4.74 Å². The molecule has 10 nitrogen and oxygen atoms in total. The summed E-state index contributed by atoms with van der Waals surface area (Å²) < 4.78 is 5.56. The minimum atomic E-state index is -0.552. The standard InChI is InChI=1S/C24H18N4O6S/c1-15-2-6-17(7-3-15)26-21(29)14-27-23(30)20(35-24(27)31)12-16-4-9-19(10-5-16)34-22-11-8-18(13-25-22)28(32)33/h2-13H,14H2,1H3,(H,26,29)/b20-12-. The van der Waals surface area contributed by atoms with Crippen LogP contribution in [-0.2, 0) is 9.59 Å². The molecule has 0 saturated carbocycles. The van der Waals surface area contributed by atoms with Gasteiger partial charge in [-0.15, -0.1) is 0 Å². The molecule has 1 saturated heterocycles. The number of amides is 3. The van der Waals surface area contributed by atoms with Crippen LogP contribution >= 0.6 is 11.8 Å². The number of anilines is 1. The number of benzene rings is 2. The van der Waals surface area contributed by atoms with Gasteiger partial charge in [0.05, 0.1) is 9.83 Å². The zero-order valence-electron chi connectivity index (χ0n) is 18.3. The topological polar surface area (TPSA) is 132 Å². The average molecular weight is 490 g/mol. The van der Waals surface area contributed by atoms with Crippen LogP contribution in [0, 0.1) is 17.0 Å². The molecule has 1 aliphatic rings. The lowest BCUT2D eigenvalue weighted by atomic mass is 10.2. The maximum Gasteiger partial charge on any atom is 0.294 e. The molecular formula is C24H18N4O6S. The highest BCUT2D eigenvalue weighted by Crippen LogP contribution is 2.32. The number of aromatic nitrogens is 1. The molecule has 4 rings (SSSR count). The summed E-state index contributed by atoms with van der Waals surface area (Å²) in [5.74, 6) is -0.397. The fourth-order valence-electron chi connectivity index (χ4n) is 3.06. The molecule has 0 spiro atoms. The molecule has 0 unspecified atom stereocenters. The minimum absolute atomic E-state index is 0.144. The maximum absolute atomic E-state index is 12.7. The number of hydrogen-bond acceptors (Lipinski definition) is 8. The van der Waals surface area contributed by atoms with Gasteiger partial charge in [-0.2, -0.15) is 0 Å². The van der Waals surface area contributed by atoms with Gasteiger partial charge in [-0.25, -0.2) is 4.98 Å². The van der Waals surface area contributed by atoms with Crippen LogP contribution in [0.1, 0.15) is 11.1 Å². The predicted molar refractivity (Wildman–Crippen MR) is 130 cm³/mol. The van der Waals surface area contributed by atoms with Gasteiger partial charge in [-0.05, 0) is 54.6 Å². The first-order valence-corrected chi connectivity index (χ1v) is 11.1. The number of nitrogens with one attached hydrogen (secondary N) is 1. The summed E-state index contributed by atoms with van der Waals surface area (Å²) in [7, 11) is 0. The molecule has 1 fully saturated rings. The molecule has 3 aromatic rings. The number of rotatable bonds is 7. The Morgan fingerprint density at radius 2 is 1.83 bits per heavy atom. The van der Waals surface area contributed by atoms with Gasteiger partial charge in [0.1, 0.15) is 18.5 Å². The molecule has 0 radical (unpaired) electrons. The number of ether oxygens (including phenoxy) is 1. The quantitative estimate of drug-likeness (QED) is 0.285. The molecule has 176 valence electrons. The van der Waals surface area contributed by atoms with Crippen LogP contribution in [-0.4, -0.2) is 38.4 Å². The van der Waals surface area contributed by atoms with E-state index >= 15 is 0 Å². The van der Waals surface area contributed by atoms with E-state index in [0.29, 0.717) is 17.0 Å². The fourth-order valence-corrected chi connectivity index (χ4v) is 3.90. The van der Waals surface area contributed by atoms with Crippen molar-refractivity contribution in [2.75, 3.05) is 11.9 Å². The van der Waals surface area contributed by atoms with E-state index in [9.17, 15) is 24.5 Å². The summed E-state index contributed by atoms with van der Waals surface area (Å²) in [5, 5.41) is 12.8. The van der Waals surface area contributed by atoms with Crippen molar-refractivity contribution in [3.63, 3.8) is 0 Å². The Balaban J connectivity index is 1.38. The van der Waals surface area contributed by atoms with E-state index in [1.807, 2.05) is 19.1 Å². The minimum Gasteiger partial charge on any atom is -0.439 e. The summed E-state index contributed by atoms with van der Waals surface area (Å²) >= 11 is 0.760. The molecule has 1 aliphatic heterocycles. The summed E-state index contributed by atoms with van der Waals surface area (Å²) in [6.07, 6.45) is 2.65. The van der Waals surface area contributed by atoms with Crippen molar-refractivity contribution in [1.82, 2.24) is 9.88 Å². The molecule has 1 N–H and O–H groups in total. The molecule has 0 aliphatic carbocycles. The second-order valence-corrected chi connectivity index (χ2v) is 8.46. The molecule has 0 bridgehead atoms. The van der Waals surface area contributed by atoms with Gasteiger partial charge >= 0.3 is 0 Å². The zero-order chi connectivity index (χ0) is 24.9. The molecule has 11 heteroatoms. The first-order chi connectivity index (χ1) is 16.8. The number of nitrogens with zero attached hydrogens (tertiary/aromatic N) is 3. The predicted octanol–water partition coefficient (Wildman–Crippen LogP) is 4.77. The van der Waals surface area contributed by atoms with Crippen molar-refractivity contribution < 1.29 is 24.0 Å². The highest BCUT2D eigenvalue weighted by Gasteiger charge is 2.36. The van der Waals surface area contributed by atoms with E-state index in [1.54, 1.807) is 42.5 Å². The number of carbonyl (C=O) groups excluding carboxylic acids is 3. The van der Waals surface area contributed by atoms with Crippen molar-refractivity contribution in [2.45, 2.75) is 6.92 Å². The Labute approximate surface area is 203 Å². The van der Waals surface area contributed by atoms with Gasteiger partial charge < -0.3 is 10.1 Å². The Kier molecular flexibility index (Phi) is 6.88. The lowest BCUT2D eigenvalue weighted by Crippen LogP contribution is -2.36. The van der Waals surface area contributed by atoms with Crippen LogP contribution in [0.5, 0.6) is 11.6 Å². The lowest BCUT2D eigenvalue weighted by Gasteiger charge is -2.12. The number of thioether (sulfide) groups is 1.